The molecule has 0 saturated carbocycles. The number of anilines is 1. The molecule has 2 aromatic carbocycles. The predicted octanol–water partition coefficient (Wildman–Crippen LogP) is 2.78. The van der Waals surface area contributed by atoms with Gasteiger partial charge in [-0.25, -0.2) is 22.2 Å². The highest BCUT2D eigenvalue weighted by Crippen LogP contribution is 2.30. The fraction of sp³-hybridized carbons (Fsp3) is 0.292. The Kier molecular flexibility index (Phi) is 6.63. The number of nitrogens with one attached hydrogen (secondary N) is 2. The number of hydrogen-bond donors (Lipinski definition) is 2. The molecule has 0 bridgehead atoms. The molecule has 34 heavy (non-hydrogen) atoms. The van der Waals surface area contributed by atoms with Crippen LogP contribution in [0.4, 0.5) is 10.1 Å². The van der Waals surface area contributed by atoms with Gasteiger partial charge in [0.05, 0.1) is 10.6 Å². The summed E-state index contributed by atoms with van der Waals surface area (Å²) >= 11 is 0. The lowest BCUT2D eigenvalue weighted by molar-refractivity contribution is -0.117. The minimum Gasteiger partial charge on any atom is -0.324 e. The van der Waals surface area contributed by atoms with Gasteiger partial charge in [-0.05, 0) is 81.1 Å². The maximum atomic E-state index is 13.1. The van der Waals surface area contributed by atoms with E-state index in [-0.39, 0.29) is 17.0 Å². The number of fused-ring (bicyclic) bond motifs is 1. The van der Waals surface area contributed by atoms with Crippen LogP contribution in [0.2, 0.25) is 0 Å². The highest BCUT2D eigenvalue weighted by molar-refractivity contribution is 7.89. The molecule has 1 heterocycles. The molecule has 1 aliphatic carbocycles. The van der Waals surface area contributed by atoms with Crippen molar-refractivity contribution in [3.63, 3.8) is 0 Å². The van der Waals surface area contributed by atoms with Crippen LogP contribution >= 0.6 is 0 Å². The van der Waals surface area contributed by atoms with Gasteiger partial charge in [0, 0.05) is 16.8 Å². The summed E-state index contributed by atoms with van der Waals surface area (Å²) in [7, 11) is -2.34. The Morgan fingerprint density at radius 3 is 2.44 bits per heavy atom. The number of aromatic nitrogens is 2. The number of sulfonamides is 1. The van der Waals surface area contributed by atoms with Crippen LogP contribution in [0.15, 0.2) is 52.2 Å². The molecule has 1 aliphatic rings. The molecule has 0 aliphatic heterocycles. The van der Waals surface area contributed by atoms with Crippen LogP contribution in [0, 0.1) is 12.7 Å². The first kappa shape index (κ1) is 23.8. The van der Waals surface area contributed by atoms with E-state index in [0.717, 1.165) is 23.1 Å². The van der Waals surface area contributed by atoms with Crippen LogP contribution in [0.3, 0.4) is 0 Å². The first-order valence-electron chi connectivity index (χ1n) is 10.9. The number of hydrogen-bond acceptors (Lipinski definition) is 5. The highest BCUT2D eigenvalue weighted by atomic mass is 32.2. The van der Waals surface area contributed by atoms with E-state index in [9.17, 15) is 22.4 Å². The van der Waals surface area contributed by atoms with E-state index < -0.39 is 21.7 Å². The topological polar surface area (TPSA) is 110 Å². The molecule has 0 unspecified atom stereocenters. The van der Waals surface area contributed by atoms with Crippen molar-refractivity contribution in [2.24, 2.45) is 0 Å². The van der Waals surface area contributed by atoms with Gasteiger partial charge in [0.15, 0.2) is 0 Å². The molecule has 0 saturated heterocycles. The lowest BCUT2D eigenvalue weighted by Crippen LogP contribution is -2.34. The number of aryl methyl sites for hydroxylation is 1. The van der Waals surface area contributed by atoms with Gasteiger partial charge in [-0.1, -0.05) is 12.1 Å². The number of halogens is 1. The van der Waals surface area contributed by atoms with Gasteiger partial charge in [-0.3, -0.25) is 9.59 Å². The molecule has 0 atom stereocenters. The first-order chi connectivity index (χ1) is 16.2. The Hall–Kier alpha value is -3.37. The first-order valence-corrected chi connectivity index (χ1v) is 12.4. The van der Waals surface area contributed by atoms with Gasteiger partial charge in [-0.2, -0.15) is 5.10 Å². The normalized spacial score (nSPS) is 13.4. The van der Waals surface area contributed by atoms with Gasteiger partial charge in [0.25, 0.3) is 5.56 Å². The molecule has 0 fully saturated rings. The molecule has 0 radical (unpaired) electrons. The lowest BCUT2D eigenvalue weighted by Gasteiger charge is -2.21. The second-order valence-electron chi connectivity index (χ2n) is 8.22. The van der Waals surface area contributed by atoms with E-state index in [2.05, 4.69) is 15.1 Å². The number of carbonyl (C=O) groups excluding carboxylic acids is 1. The van der Waals surface area contributed by atoms with Gasteiger partial charge >= 0.3 is 0 Å². The van der Waals surface area contributed by atoms with Gasteiger partial charge in [0.2, 0.25) is 15.9 Å². The molecule has 4 rings (SSSR count). The van der Waals surface area contributed by atoms with E-state index in [1.165, 1.54) is 31.3 Å². The molecule has 0 spiro atoms. The average molecular weight is 485 g/mol. The molecule has 1 amide bonds. The van der Waals surface area contributed by atoms with Gasteiger partial charge < -0.3 is 5.32 Å². The molecule has 10 heteroatoms. The minimum atomic E-state index is -3.69. The summed E-state index contributed by atoms with van der Waals surface area (Å²) in [6, 6.07) is 10.3. The Morgan fingerprint density at radius 1 is 1.09 bits per heavy atom. The smallest absolute Gasteiger partial charge is 0.270 e. The maximum absolute atomic E-state index is 13.1. The fourth-order valence-electron chi connectivity index (χ4n) is 4.14. The summed E-state index contributed by atoms with van der Waals surface area (Å²) in [4.78, 5) is 25.9. The number of nitrogens with zero attached hydrogens (tertiary/aromatic N) is 2. The third-order valence-electron chi connectivity index (χ3n) is 5.91. The third-order valence-corrected chi connectivity index (χ3v) is 7.46. The summed E-state index contributed by atoms with van der Waals surface area (Å²) in [6.45, 7) is 1.38. The number of carbonyl (C=O) groups is 1. The van der Waals surface area contributed by atoms with Crippen molar-refractivity contribution in [2.75, 3.05) is 12.4 Å². The second-order valence-corrected chi connectivity index (χ2v) is 10.1. The van der Waals surface area contributed by atoms with Crippen molar-refractivity contribution in [1.29, 1.82) is 0 Å². The van der Waals surface area contributed by atoms with Crippen molar-refractivity contribution in [3.8, 4) is 11.3 Å². The number of benzene rings is 2. The van der Waals surface area contributed by atoms with Crippen molar-refractivity contribution < 1.29 is 17.6 Å². The zero-order valence-electron chi connectivity index (χ0n) is 18.9. The molecular weight excluding hydrogens is 459 g/mol. The predicted molar refractivity (Wildman–Crippen MR) is 127 cm³/mol. The molecular formula is C24H25FN4O4S. The zero-order valence-corrected chi connectivity index (χ0v) is 19.7. The SMILES string of the molecule is CNS(=O)(=O)c1cc(-c2nn(CC(=O)Nc3ccc(F)cc3)c(=O)c3c2CCCC3)ccc1C. The van der Waals surface area contributed by atoms with Crippen molar-refractivity contribution >= 4 is 21.6 Å². The molecule has 8 nitrogen and oxygen atoms in total. The summed E-state index contributed by atoms with van der Waals surface area (Å²) < 4.78 is 41.6. The van der Waals surface area contributed by atoms with E-state index >= 15 is 0 Å². The van der Waals surface area contributed by atoms with Crippen LogP contribution < -0.4 is 15.6 Å². The zero-order chi connectivity index (χ0) is 24.5. The van der Waals surface area contributed by atoms with Crippen molar-refractivity contribution in [3.05, 3.63) is 75.3 Å². The van der Waals surface area contributed by atoms with E-state index in [1.54, 1.807) is 25.1 Å². The fourth-order valence-corrected chi connectivity index (χ4v) is 5.13. The number of amides is 1. The van der Waals surface area contributed by atoms with Crippen LogP contribution in [-0.4, -0.2) is 31.2 Å². The lowest BCUT2D eigenvalue weighted by atomic mass is 9.89. The Labute approximate surface area is 196 Å². The van der Waals surface area contributed by atoms with Crippen LogP contribution in [0.25, 0.3) is 11.3 Å². The largest absolute Gasteiger partial charge is 0.324 e. The molecule has 1 aromatic heterocycles. The van der Waals surface area contributed by atoms with Gasteiger partial charge in [-0.15, -0.1) is 0 Å². The van der Waals surface area contributed by atoms with E-state index in [1.807, 2.05) is 0 Å². The molecule has 3 aromatic rings. The van der Waals surface area contributed by atoms with Gasteiger partial charge in [0.1, 0.15) is 12.4 Å². The molecule has 2 N–H and O–H groups in total. The van der Waals surface area contributed by atoms with Crippen LogP contribution in [0.1, 0.15) is 29.5 Å². The highest BCUT2D eigenvalue weighted by Gasteiger charge is 2.24. The Balaban J connectivity index is 1.76. The Bertz CT molecular complexity index is 1420. The summed E-state index contributed by atoms with van der Waals surface area (Å²) in [5, 5.41) is 7.13. The summed E-state index contributed by atoms with van der Waals surface area (Å²) in [5.74, 6) is -0.904. The average Bonchev–Trinajstić information content (AvgIpc) is 2.83. The molecule has 178 valence electrons. The third kappa shape index (κ3) is 4.78. The van der Waals surface area contributed by atoms with Crippen LogP contribution in [0.5, 0.6) is 0 Å². The monoisotopic (exact) mass is 484 g/mol. The summed E-state index contributed by atoms with van der Waals surface area (Å²) in [5.41, 5.74) is 3.11. The van der Waals surface area contributed by atoms with E-state index in [4.69, 9.17) is 0 Å². The second kappa shape index (κ2) is 9.47. The Morgan fingerprint density at radius 2 is 1.76 bits per heavy atom. The quantitative estimate of drug-likeness (QED) is 0.559. The van der Waals surface area contributed by atoms with E-state index in [0.29, 0.717) is 40.9 Å². The van der Waals surface area contributed by atoms with Crippen molar-refractivity contribution in [2.45, 2.75) is 44.0 Å². The van der Waals surface area contributed by atoms with Crippen LogP contribution in [-0.2, 0) is 34.2 Å². The minimum absolute atomic E-state index is 0.130. The maximum Gasteiger partial charge on any atom is 0.270 e. The summed E-state index contributed by atoms with van der Waals surface area (Å²) in [6.07, 6.45) is 2.96. The van der Waals surface area contributed by atoms with Crippen molar-refractivity contribution in [1.82, 2.24) is 14.5 Å². The number of rotatable bonds is 6. The standard InChI is InChI=1S/C24H25FN4O4S/c1-15-7-8-16(13-21(15)34(32,33)26-2)23-19-5-3-4-6-20(19)24(31)29(28-23)14-22(30)27-18-11-9-17(25)10-12-18/h7-13,26H,3-6,14H2,1-2H3,(H,27,30).